The van der Waals surface area contributed by atoms with Crippen LogP contribution in [0.25, 0.3) is 0 Å². The Labute approximate surface area is 269 Å². The van der Waals surface area contributed by atoms with Crippen molar-refractivity contribution in [2.24, 2.45) is 0 Å². The molecular formula is C38H39N3O5. The number of aryl methyl sites for hydroxylation is 2. The summed E-state index contributed by atoms with van der Waals surface area (Å²) in [6.45, 7) is 2.72. The van der Waals surface area contributed by atoms with Gasteiger partial charge in [-0.15, -0.1) is 0 Å². The molecule has 0 radical (unpaired) electrons. The van der Waals surface area contributed by atoms with Gasteiger partial charge in [-0.3, -0.25) is 14.5 Å². The van der Waals surface area contributed by atoms with Crippen LogP contribution in [-0.4, -0.2) is 78.1 Å². The lowest BCUT2D eigenvalue weighted by Gasteiger charge is -2.40. The Morgan fingerprint density at radius 1 is 0.761 bits per heavy atom. The minimum atomic E-state index is -1.53. The molecular weight excluding hydrogens is 578 g/mol. The smallest absolute Gasteiger partial charge is 0.336 e. The highest BCUT2D eigenvalue weighted by Gasteiger charge is 2.33. The average molecular weight is 618 g/mol. The van der Waals surface area contributed by atoms with Crippen molar-refractivity contribution in [3.05, 3.63) is 142 Å². The van der Waals surface area contributed by atoms with E-state index < -0.39 is 24.0 Å². The maximum Gasteiger partial charge on any atom is 0.336 e. The molecule has 0 saturated carbocycles. The third kappa shape index (κ3) is 6.73. The molecule has 0 unspecified atom stereocenters. The van der Waals surface area contributed by atoms with Crippen LogP contribution < -0.4 is 5.32 Å². The Balaban J connectivity index is 1.11. The predicted octanol–water partition coefficient (Wildman–Crippen LogP) is 4.21. The zero-order chi connectivity index (χ0) is 32.0. The van der Waals surface area contributed by atoms with Crippen LogP contribution in [0.2, 0.25) is 0 Å². The van der Waals surface area contributed by atoms with Crippen LogP contribution in [0.3, 0.4) is 0 Å². The van der Waals surface area contributed by atoms with E-state index in [4.69, 9.17) is 4.74 Å². The molecule has 2 N–H and O–H groups in total. The number of aliphatic hydroxyl groups excluding tert-OH is 1. The number of ether oxygens (including phenoxy) is 1. The van der Waals surface area contributed by atoms with Crippen LogP contribution in [0.15, 0.2) is 103 Å². The van der Waals surface area contributed by atoms with E-state index in [9.17, 15) is 19.5 Å². The number of nitrogens with zero attached hydrogens (tertiary/aromatic N) is 2. The number of carbonyl (C=O) groups is 3. The number of piperazine rings is 1. The van der Waals surface area contributed by atoms with Crippen molar-refractivity contribution in [3.63, 3.8) is 0 Å². The lowest BCUT2D eigenvalue weighted by Crippen LogP contribution is -2.50. The average Bonchev–Trinajstić information content (AvgIpc) is 3.28. The van der Waals surface area contributed by atoms with E-state index in [0.29, 0.717) is 24.2 Å². The molecule has 4 aromatic rings. The third-order valence-corrected chi connectivity index (χ3v) is 9.16. The summed E-state index contributed by atoms with van der Waals surface area (Å²) < 4.78 is 4.71. The first-order valence-electron chi connectivity index (χ1n) is 15.8. The lowest BCUT2D eigenvalue weighted by atomic mass is 9.92. The largest absolute Gasteiger partial charge is 0.467 e. The summed E-state index contributed by atoms with van der Waals surface area (Å²) >= 11 is 0. The molecule has 236 valence electrons. The van der Waals surface area contributed by atoms with Crippen LogP contribution in [0.1, 0.15) is 54.6 Å². The van der Waals surface area contributed by atoms with Gasteiger partial charge in [0.2, 0.25) is 0 Å². The molecule has 0 spiro atoms. The molecule has 1 saturated heterocycles. The van der Waals surface area contributed by atoms with Crippen molar-refractivity contribution in [1.29, 1.82) is 0 Å². The Kier molecular flexibility index (Phi) is 9.57. The molecule has 0 aromatic heterocycles. The Bertz CT molecular complexity index is 1630. The van der Waals surface area contributed by atoms with Gasteiger partial charge in [-0.25, -0.2) is 4.79 Å². The molecule has 2 aliphatic rings. The summed E-state index contributed by atoms with van der Waals surface area (Å²) in [5.41, 5.74) is 7.16. The van der Waals surface area contributed by atoms with Gasteiger partial charge < -0.3 is 20.1 Å². The molecule has 1 aliphatic carbocycles. The monoisotopic (exact) mass is 617 g/mol. The number of esters is 1. The van der Waals surface area contributed by atoms with E-state index in [1.165, 1.54) is 29.4 Å². The quantitative estimate of drug-likeness (QED) is 0.288. The highest BCUT2D eigenvalue weighted by Crippen LogP contribution is 2.37. The van der Waals surface area contributed by atoms with Gasteiger partial charge >= 0.3 is 5.97 Å². The summed E-state index contributed by atoms with van der Waals surface area (Å²) in [6.07, 6.45) is 0.753. The molecule has 6 rings (SSSR count). The number of hydrogen-bond donors (Lipinski definition) is 2. The summed E-state index contributed by atoms with van der Waals surface area (Å²) in [6, 6.07) is 32.5. The molecule has 1 fully saturated rings. The molecule has 4 aromatic carbocycles. The van der Waals surface area contributed by atoms with E-state index in [1.807, 2.05) is 35.2 Å². The number of nitrogens with one attached hydrogen (secondary N) is 1. The van der Waals surface area contributed by atoms with E-state index in [1.54, 1.807) is 24.3 Å². The van der Waals surface area contributed by atoms with Gasteiger partial charge in [0.25, 0.3) is 11.8 Å². The van der Waals surface area contributed by atoms with Crippen LogP contribution >= 0.6 is 0 Å². The second kappa shape index (κ2) is 14.1. The first-order valence-corrected chi connectivity index (χ1v) is 15.8. The van der Waals surface area contributed by atoms with Crippen molar-refractivity contribution in [2.75, 3.05) is 33.3 Å². The fraction of sp³-hybridized carbons (Fsp3) is 0.289. The standard InChI is InChI=1S/C38H39N3O5/c1-46-38(45)35(42)33(25-26-9-3-2-4-10-26)39-36(43)29-17-19-30(20-18-29)37(44)41-23-21-40(22-24-41)34-31-13-7-5-11-27(31)15-16-28-12-6-8-14-32(28)34/h2-14,17-20,33-35,42H,15-16,21-25H2,1H3,(H,39,43)/t33-,35+/m0/s1. The first kappa shape index (κ1) is 31.2. The fourth-order valence-corrected chi connectivity index (χ4v) is 6.66. The maximum absolute atomic E-state index is 13.5. The fourth-order valence-electron chi connectivity index (χ4n) is 6.66. The Morgan fingerprint density at radius 2 is 1.30 bits per heavy atom. The van der Waals surface area contributed by atoms with E-state index >= 15 is 0 Å². The number of benzene rings is 4. The molecule has 2 atom stereocenters. The number of rotatable bonds is 8. The zero-order valence-corrected chi connectivity index (χ0v) is 26.0. The summed E-state index contributed by atoms with van der Waals surface area (Å²) in [5.74, 6) is -1.36. The van der Waals surface area contributed by atoms with E-state index in [0.717, 1.165) is 31.5 Å². The highest BCUT2D eigenvalue weighted by atomic mass is 16.5. The Morgan fingerprint density at radius 3 is 1.89 bits per heavy atom. The van der Waals surface area contributed by atoms with Crippen molar-refractivity contribution < 1.29 is 24.2 Å². The van der Waals surface area contributed by atoms with Gasteiger partial charge in [-0.1, -0.05) is 78.9 Å². The minimum absolute atomic E-state index is 0.0728. The second-order valence-corrected chi connectivity index (χ2v) is 11.9. The van der Waals surface area contributed by atoms with Crippen molar-refractivity contribution in [1.82, 2.24) is 15.1 Å². The van der Waals surface area contributed by atoms with Gasteiger partial charge in [0, 0.05) is 37.3 Å². The van der Waals surface area contributed by atoms with Crippen LogP contribution in [-0.2, 0) is 28.8 Å². The number of methoxy groups -OCH3 is 1. The number of amides is 2. The van der Waals surface area contributed by atoms with Gasteiger partial charge in [0.1, 0.15) is 0 Å². The number of carbonyl (C=O) groups excluding carboxylic acids is 3. The Hall–Kier alpha value is -4.79. The predicted molar refractivity (Wildman–Crippen MR) is 175 cm³/mol. The van der Waals surface area contributed by atoms with Gasteiger partial charge in [-0.2, -0.15) is 0 Å². The van der Waals surface area contributed by atoms with Crippen LogP contribution in [0, 0.1) is 0 Å². The second-order valence-electron chi connectivity index (χ2n) is 11.9. The van der Waals surface area contributed by atoms with E-state index in [2.05, 4.69) is 58.7 Å². The van der Waals surface area contributed by atoms with Crippen LogP contribution in [0.4, 0.5) is 0 Å². The number of fused-ring (bicyclic) bond motifs is 2. The lowest BCUT2D eigenvalue weighted by molar-refractivity contribution is -0.151. The first-order chi connectivity index (χ1) is 22.4. The SMILES string of the molecule is COC(=O)[C@H](O)[C@H](Cc1ccccc1)NC(=O)c1ccc(C(=O)N2CCN(C3c4ccccc4CCc4ccccc43)CC2)cc1. The number of hydrogen-bond acceptors (Lipinski definition) is 6. The summed E-state index contributed by atoms with van der Waals surface area (Å²) in [5, 5.41) is 13.3. The normalized spacial score (nSPS) is 16.3. The topological polar surface area (TPSA) is 99.2 Å². The molecule has 2 amide bonds. The molecule has 1 aliphatic heterocycles. The van der Waals surface area contributed by atoms with Crippen molar-refractivity contribution in [2.45, 2.75) is 37.5 Å². The van der Waals surface area contributed by atoms with Crippen LogP contribution in [0.5, 0.6) is 0 Å². The van der Waals surface area contributed by atoms with Crippen molar-refractivity contribution >= 4 is 17.8 Å². The summed E-state index contributed by atoms with van der Waals surface area (Å²) in [4.78, 5) is 43.1. The molecule has 46 heavy (non-hydrogen) atoms. The molecule has 8 nitrogen and oxygen atoms in total. The highest BCUT2D eigenvalue weighted by molar-refractivity contribution is 5.98. The molecule has 8 heteroatoms. The van der Waals surface area contributed by atoms with Gasteiger partial charge in [0.15, 0.2) is 6.10 Å². The molecule has 0 bridgehead atoms. The van der Waals surface area contributed by atoms with Gasteiger partial charge in [0.05, 0.1) is 19.2 Å². The van der Waals surface area contributed by atoms with Gasteiger partial charge in [-0.05, 0) is 71.3 Å². The summed E-state index contributed by atoms with van der Waals surface area (Å²) in [7, 11) is 1.19. The third-order valence-electron chi connectivity index (χ3n) is 9.16. The van der Waals surface area contributed by atoms with E-state index in [-0.39, 0.29) is 18.4 Å². The zero-order valence-electron chi connectivity index (χ0n) is 26.0. The number of aliphatic hydroxyl groups is 1. The van der Waals surface area contributed by atoms with Crippen molar-refractivity contribution in [3.8, 4) is 0 Å². The molecule has 1 heterocycles. The maximum atomic E-state index is 13.5. The minimum Gasteiger partial charge on any atom is -0.467 e.